The molecule has 2 rings (SSSR count). The number of anilines is 2. The summed E-state index contributed by atoms with van der Waals surface area (Å²) in [6.45, 7) is 1.55. The second kappa shape index (κ2) is 4.05. The fraction of sp³-hybridized carbons (Fsp3) is 0.500. The van der Waals surface area contributed by atoms with Crippen LogP contribution in [0.4, 0.5) is 24.5 Å². The second-order valence-electron chi connectivity index (χ2n) is 4.74. The number of hydrogen-bond donors (Lipinski definition) is 2. The minimum Gasteiger partial charge on any atom is -0.398 e. The van der Waals surface area contributed by atoms with E-state index >= 15 is 0 Å². The number of hydrogen-bond acceptors (Lipinski definition) is 3. The maximum absolute atomic E-state index is 12.7. The highest BCUT2D eigenvalue weighted by Gasteiger charge is 2.57. The van der Waals surface area contributed by atoms with Gasteiger partial charge in [-0.15, -0.1) is 0 Å². The van der Waals surface area contributed by atoms with Gasteiger partial charge in [0.05, 0.1) is 6.54 Å². The first-order valence-electron chi connectivity index (χ1n) is 5.63. The van der Waals surface area contributed by atoms with Gasteiger partial charge >= 0.3 is 6.18 Å². The van der Waals surface area contributed by atoms with Gasteiger partial charge in [-0.05, 0) is 24.6 Å². The average Bonchev–Trinajstić information content (AvgIpc) is 2.66. The third kappa shape index (κ3) is 2.12. The number of nitrogen functional groups attached to an aromatic ring is 1. The van der Waals surface area contributed by atoms with E-state index in [0.717, 1.165) is 5.56 Å². The van der Waals surface area contributed by atoms with Gasteiger partial charge in [0.15, 0.2) is 5.60 Å². The molecule has 0 aliphatic carbocycles. The summed E-state index contributed by atoms with van der Waals surface area (Å²) in [7, 11) is 0. The Morgan fingerprint density at radius 2 is 2.06 bits per heavy atom. The predicted molar refractivity (Wildman–Crippen MR) is 63.4 cm³/mol. The third-order valence-electron chi connectivity index (χ3n) is 3.40. The Bertz CT molecular complexity index is 461. The van der Waals surface area contributed by atoms with Gasteiger partial charge in [-0.2, -0.15) is 13.2 Å². The van der Waals surface area contributed by atoms with Crippen LogP contribution in [0.1, 0.15) is 12.0 Å². The predicted octanol–water partition coefficient (Wildman–Crippen LogP) is 2.08. The number of benzene rings is 1. The van der Waals surface area contributed by atoms with Crippen LogP contribution in [0, 0.1) is 6.92 Å². The normalized spacial score (nSPS) is 24.6. The number of halogens is 3. The molecule has 1 heterocycles. The first-order chi connectivity index (χ1) is 8.23. The Morgan fingerprint density at radius 3 is 2.56 bits per heavy atom. The average molecular weight is 260 g/mol. The Morgan fingerprint density at radius 1 is 1.39 bits per heavy atom. The van der Waals surface area contributed by atoms with Gasteiger partial charge in [0.2, 0.25) is 0 Å². The minimum atomic E-state index is -4.60. The molecule has 1 saturated heterocycles. The van der Waals surface area contributed by atoms with Crippen molar-refractivity contribution in [3.8, 4) is 0 Å². The van der Waals surface area contributed by atoms with Gasteiger partial charge in [0.25, 0.3) is 0 Å². The van der Waals surface area contributed by atoms with E-state index in [9.17, 15) is 18.3 Å². The molecule has 6 heteroatoms. The lowest BCUT2D eigenvalue weighted by Crippen LogP contribution is -2.47. The molecule has 1 unspecified atom stereocenters. The molecule has 100 valence electrons. The number of rotatable bonds is 1. The zero-order valence-electron chi connectivity index (χ0n) is 9.96. The monoisotopic (exact) mass is 260 g/mol. The van der Waals surface area contributed by atoms with Crippen LogP contribution >= 0.6 is 0 Å². The van der Waals surface area contributed by atoms with E-state index in [0.29, 0.717) is 11.4 Å². The summed E-state index contributed by atoms with van der Waals surface area (Å²) in [5.74, 6) is 0. The van der Waals surface area contributed by atoms with Crippen molar-refractivity contribution in [2.24, 2.45) is 0 Å². The van der Waals surface area contributed by atoms with E-state index in [2.05, 4.69) is 0 Å². The molecule has 1 aromatic rings. The molecule has 3 nitrogen and oxygen atoms in total. The van der Waals surface area contributed by atoms with Crippen LogP contribution in [0.25, 0.3) is 0 Å². The van der Waals surface area contributed by atoms with Crippen LogP contribution in [-0.2, 0) is 0 Å². The molecule has 1 atom stereocenters. The van der Waals surface area contributed by atoms with Crippen molar-refractivity contribution in [1.29, 1.82) is 0 Å². The zero-order valence-corrected chi connectivity index (χ0v) is 9.96. The van der Waals surface area contributed by atoms with Gasteiger partial charge in [-0.1, -0.05) is 6.07 Å². The summed E-state index contributed by atoms with van der Waals surface area (Å²) in [5.41, 5.74) is 5.14. The summed E-state index contributed by atoms with van der Waals surface area (Å²) in [4.78, 5) is 1.50. The highest BCUT2D eigenvalue weighted by atomic mass is 19.4. The van der Waals surface area contributed by atoms with E-state index < -0.39 is 18.3 Å². The van der Waals surface area contributed by atoms with Crippen LogP contribution in [0.2, 0.25) is 0 Å². The minimum absolute atomic E-state index is 0.165. The maximum Gasteiger partial charge on any atom is 0.418 e. The summed E-state index contributed by atoms with van der Waals surface area (Å²) in [6.07, 6.45) is -4.91. The molecule has 1 aliphatic rings. The van der Waals surface area contributed by atoms with Gasteiger partial charge in [-0.3, -0.25) is 0 Å². The van der Waals surface area contributed by atoms with E-state index in [1.807, 2.05) is 6.92 Å². The molecule has 0 radical (unpaired) electrons. The van der Waals surface area contributed by atoms with Gasteiger partial charge in [-0.25, -0.2) is 0 Å². The Balaban J connectivity index is 2.21. The molecule has 1 aliphatic heterocycles. The number of alkyl halides is 3. The van der Waals surface area contributed by atoms with Crippen molar-refractivity contribution in [2.45, 2.75) is 25.1 Å². The largest absolute Gasteiger partial charge is 0.418 e. The Kier molecular flexibility index (Phi) is 2.93. The lowest BCUT2D eigenvalue weighted by molar-refractivity contribution is -0.250. The molecular weight excluding hydrogens is 245 g/mol. The fourth-order valence-corrected chi connectivity index (χ4v) is 2.07. The molecule has 0 amide bonds. The van der Waals surface area contributed by atoms with Crippen molar-refractivity contribution < 1.29 is 18.3 Å². The van der Waals surface area contributed by atoms with E-state index in [4.69, 9.17) is 5.73 Å². The van der Waals surface area contributed by atoms with Crippen LogP contribution in [-0.4, -0.2) is 30.0 Å². The highest BCUT2D eigenvalue weighted by molar-refractivity contribution is 5.60. The van der Waals surface area contributed by atoms with Gasteiger partial charge in [0.1, 0.15) is 0 Å². The zero-order chi connectivity index (χ0) is 13.6. The number of β-amino-alcohol motifs (C(OH)–C–C–N with tert-alkyl or cyclic N) is 1. The van der Waals surface area contributed by atoms with E-state index in [1.54, 1.807) is 18.2 Å². The summed E-state index contributed by atoms with van der Waals surface area (Å²) in [6, 6.07) is 5.11. The van der Waals surface area contributed by atoms with Crippen LogP contribution in [0.3, 0.4) is 0 Å². The van der Waals surface area contributed by atoms with Crippen molar-refractivity contribution in [2.75, 3.05) is 23.7 Å². The first-order valence-corrected chi connectivity index (χ1v) is 5.63. The van der Waals surface area contributed by atoms with Crippen molar-refractivity contribution in [1.82, 2.24) is 0 Å². The smallest absolute Gasteiger partial charge is 0.398 e. The Labute approximate surface area is 103 Å². The Hall–Kier alpha value is -1.43. The van der Waals surface area contributed by atoms with Crippen molar-refractivity contribution in [3.63, 3.8) is 0 Å². The first kappa shape index (κ1) is 13.0. The summed E-state index contributed by atoms with van der Waals surface area (Å²) < 4.78 is 38.0. The molecule has 0 aromatic heterocycles. The van der Waals surface area contributed by atoms with Crippen LogP contribution < -0.4 is 10.6 Å². The summed E-state index contributed by atoms with van der Waals surface area (Å²) >= 11 is 0. The van der Waals surface area contributed by atoms with E-state index in [-0.39, 0.29) is 13.0 Å². The van der Waals surface area contributed by atoms with Crippen molar-refractivity contribution >= 4 is 11.4 Å². The lowest BCUT2D eigenvalue weighted by Gasteiger charge is -2.26. The summed E-state index contributed by atoms with van der Waals surface area (Å²) in [5, 5.41) is 9.59. The van der Waals surface area contributed by atoms with E-state index in [1.165, 1.54) is 4.90 Å². The number of nitrogens with zero attached hydrogens (tertiary/aromatic N) is 1. The number of nitrogens with two attached hydrogens (primary N) is 1. The van der Waals surface area contributed by atoms with Gasteiger partial charge in [0, 0.05) is 24.3 Å². The molecule has 18 heavy (non-hydrogen) atoms. The molecular formula is C12H15F3N2O. The molecule has 1 aromatic carbocycles. The highest BCUT2D eigenvalue weighted by Crippen LogP contribution is 2.39. The molecule has 3 N–H and O–H groups in total. The SMILES string of the molecule is Cc1ccc(N2CCC(O)(C(F)(F)F)C2)cc1N. The molecule has 0 bridgehead atoms. The quantitative estimate of drug-likeness (QED) is 0.760. The maximum atomic E-state index is 12.7. The number of aryl methyl sites for hydroxylation is 1. The third-order valence-corrected chi connectivity index (χ3v) is 3.40. The molecule has 1 fully saturated rings. The fourth-order valence-electron chi connectivity index (χ4n) is 2.07. The molecule has 0 saturated carbocycles. The van der Waals surface area contributed by atoms with Crippen LogP contribution in [0.5, 0.6) is 0 Å². The van der Waals surface area contributed by atoms with Crippen LogP contribution in [0.15, 0.2) is 18.2 Å². The van der Waals surface area contributed by atoms with Crippen molar-refractivity contribution in [3.05, 3.63) is 23.8 Å². The van der Waals surface area contributed by atoms with Gasteiger partial charge < -0.3 is 15.7 Å². The second-order valence-corrected chi connectivity index (χ2v) is 4.74. The number of aliphatic hydroxyl groups is 1. The molecule has 0 spiro atoms. The topological polar surface area (TPSA) is 49.5 Å². The standard InChI is InChI=1S/C12H15F3N2O/c1-8-2-3-9(6-10(8)16)17-5-4-11(18,7-17)12(13,14)15/h2-3,6,18H,4-5,7,16H2,1H3. The lowest BCUT2D eigenvalue weighted by atomic mass is 10.0.